The minimum absolute atomic E-state index is 0.00137. The van der Waals surface area contributed by atoms with E-state index in [1.807, 2.05) is 6.92 Å². The second-order valence-corrected chi connectivity index (χ2v) is 5.74. The molecule has 3 atom stereocenters. The van der Waals surface area contributed by atoms with Crippen molar-refractivity contribution in [1.82, 2.24) is 4.90 Å². The Labute approximate surface area is 109 Å². The SMILES string of the molecule is CCC(C(N)=NO)N1CCC2(O)CCCCC2C1. The molecule has 1 saturated heterocycles. The molecule has 4 N–H and O–H groups in total. The zero-order valence-electron chi connectivity index (χ0n) is 11.2. The van der Waals surface area contributed by atoms with Gasteiger partial charge < -0.3 is 16.0 Å². The molecule has 1 aliphatic heterocycles. The molecule has 1 heterocycles. The average Bonchev–Trinajstić information content (AvgIpc) is 2.39. The first kappa shape index (κ1) is 13.6. The Morgan fingerprint density at radius 3 is 2.94 bits per heavy atom. The van der Waals surface area contributed by atoms with Crippen molar-refractivity contribution in [2.75, 3.05) is 13.1 Å². The van der Waals surface area contributed by atoms with Gasteiger partial charge >= 0.3 is 0 Å². The van der Waals surface area contributed by atoms with E-state index in [0.717, 1.165) is 45.2 Å². The van der Waals surface area contributed by atoms with Crippen LogP contribution in [0.4, 0.5) is 0 Å². The fourth-order valence-corrected chi connectivity index (χ4v) is 3.60. The summed E-state index contributed by atoms with van der Waals surface area (Å²) in [4.78, 5) is 2.26. The van der Waals surface area contributed by atoms with Gasteiger partial charge in [-0.2, -0.15) is 0 Å². The summed E-state index contributed by atoms with van der Waals surface area (Å²) < 4.78 is 0. The molecule has 5 heteroatoms. The first-order chi connectivity index (χ1) is 8.60. The van der Waals surface area contributed by atoms with Crippen molar-refractivity contribution in [2.24, 2.45) is 16.8 Å². The van der Waals surface area contributed by atoms with Crippen LogP contribution in [0.1, 0.15) is 45.4 Å². The zero-order chi connectivity index (χ0) is 13.2. The van der Waals surface area contributed by atoms with Gasteiger partial charge in [0.05, 0.1) is 11.6 Å². The third kappa shape index (κ3) is 2.47. The third-order valence-corrected chi connectivity index (χ3v) is 4.74. The normalized spacial score (nSPS) is 36.1. The van der Waals surface area contributed by atoms with E-state index in [0.29, 0.717) is 11.8 Å². The van der Waals surface area contributed by atoms with Gasteiger partial charge in [0.1, 0.15) is 0 Å². The van der Waals surface area contributed by atoms with Crippen LogP contribution in [-0.2, 0) is 0 Å². The van der Waals surface area contributed by atoms with E-state index in [9.17, 15) is 5.11 Å². The summed E-state index contributed by atoms with van der Waals surface area (Å²) in [6.07, 6.45) is 6.03. The smallest absolute Gasteiger partial charge is 0.156 e. The molecule has 0 aromatic heterocycles. The van der Waals surface area contributed by atoms with Crippen LogP contribution >= 0.6 is 0 Å². The standard InChI is InChI=1S/C13H25N3O2/c1-2-11(12(14)15-18)16-8-7-13(17)6-4-3-5-10(13)9-16/h10-11,17-18H,2-9H2,1H3,(H2,14,15). The summed E-state index contributed by atoms with van der Waals surface area (Å²) >= 11 is 0. The number of nitrogens with zero attached hydrogens (tertiary/aromatic N) is 2. The quantitative estimate of drug-likeness (QED) is 0.306. The summed E-state index contributed by atoms with van der Waals surface area (Å²) in [7, 11) is 0. The highest BCUT2D eigenvalue weighted by Gasteiger charge is 2.44. The molecule has 0 aromatic rings. The van der Waals surface area contributed by atoms with Crippen molar-refractivity contribution in [3.63, 3.8) is 0 Å². The topological polar surface area (TPSA) is 82.1 Å². The lowest BCUT2D eigenvalue weighted by Gasteiger charge is -2.49. The lowest BCUT2D eigenvalue weighted by atomic mass is 9.71. The Morgan fingerprint density at radius 1 is 1.50 bits per heavy atom. The lowest BCUT2D eigenvalue weighted by molar-refractivity contribution is -0.0986. The molecule has 104 valence electrons. The molecule has 1 aliphatic carbocycles. The fourth-order valence-electron chi connectivity index (χ4n) is 3.60. The van der Waals surface area contributed by atoms with Crippen LogP contribution in [0.25, 0.3) is 0 Å². The number of fused-ring (bicyclic) bond motifs is 1. The maximum Gasteiger partial charge on any atom is 0.156 e. The Balaban J connectivity index is 2.05. The first-order valence-electron chi connectivity index (χ1n) is 7.04. The number of amidine groups is 1. The highest BCUT2D eigenvalue weighted by Crippen LogP contribution is 2.40. The van der Waals surface area contributed by atoms with Gasteiger partial charge in [0, 0.05) is 19.0 Å². The average molecular weight is 255 g/mol. The van der Waals surface area contributed by atoms with Gasteiger partial charge in [0.25, 0.3) is 0 Å². The molecular formula is C13H25N3O2. The largest absolute Gasteiger partial charge is 0.409 e. The van der Waals surface area contributed by atoms with Gasteiger partial charge in [-0.25, -0.2) is 0 Å². The molecule has 5 nitrogen and oxygen atoms in total. The van der Waals surface area contributed by atoms with Crippen molar-refractivity contribution in [2.45, 2.75) is 57.1 Å². The maximum absolute atomic E-state index is 10.6. The van der Waals surface area contributed by atoms with Crippen LogP contribution in [0.5, 0.6) is 0 Å². The highest BCUT2D eigenvalue weighted by molar-refractivity contribution is 5.85. The number of oxime groups is 1. The molecule has 3 unspecified atom stereocenters. The molecule has 2 aliphatic rings. The summed E-state index contributed by atoms with van der Waals surface area (Å²) in [5.74, 6) is 0.638. The van der Waals surface area contributed by atoms with Crippen molar-refractivity contribution in [3.8, 4) is 0 Å². The van der Waals surface area contributed by atoms with Crippen LogP contribution in [-0.4, -0.2) is 45.8 Å². The van der Waals surface area contributed by atoms with Crippen LogP contribution < -0.4 is 5.73 Å². The van der Waals surface area contributed by atoms with Crippen LogP contribution in [0.15, 0.2) is 5.16 Å². The molecule has 0 amide bonds. The predicted octanol–water partition coefficient (Wildman–Crippen LogP) is 1.14. The van der Waals surface area contributed by atoms with E-state index in [2.05, 4.69) is 10.1 Å². The Bertz CT molecular complexity index is 321. The van der Waals surface area contributed by atoms with E-state index >= 15 is 0 Å². The van der Waals surface area contributed by atoms with E-state index < -0.39 is 5.60 Å². The van der Waals surface area contributed by atoms with Crippen LogP contribution in [0.3, 0.4) is 0 Å². The molecular weight excluding hydrogens is 230 g/mol. The molecule has 0 bridgehead atoms. The number of piperidine rings is 1. The highest BCUT2D eigenvalue weighted by atomic mass is 16.4. The zero-order valence-corrected chi connectivity index (χ0v) is 11.2. The van der Waals surface area contributed by atoms with Crippen molar-refractivity contribution < 1.29 is 10.3 Å². The van der Waals surface area contributed by atoms with E-state index in [4.69, 9.17) is 10.9 Å². The fraction of sp³-hybridized carbons (Fsp3) is 0.923. The van der Waals surface area contributed by atoms with E-state index in [-0.39, 0.29) is 6.04 Å². The Hall–Kier alpha value is -0.810. The van der Waals surface area contributed by atoms with Crippen molar-refractivity contribution >= 4 is 5.84 Å². The summed E-state index contributed by atoms with van der Waals surface area (Å²) in [5.41, 5.74) is 5.30. The molecule has 0 spiro atoms. The number of aliphatic hydroxyl groups is 1. The van der Waals surface area contributed by atoms with Crippen molar-refractivity contribution in [3.05, 3.63) is 0 Å². The minimum atomic E-state index is -0.460. The van der Waals surface area contributed by atoms with Gasteiger partial charge in [-0.3, -0.25) is 4.90 Å². The molecule has 2 rings (SSSR count). The Morgan fingerprint density at radius 2 is 2.28 bits per heavy atom. The Kier molecular flexibility index (Phi) is 4.12. The monoisotopic (exact) mass is 255 g/mol. The summed E-state index contributed by atoms with van der Waals surface area (Å²) in [6, 6.07) is 0.00137. The number of hydrogen-bond donors (Lipinski definition) is 3. The lowest BCUT2D eigenvalue weighted by Crippen LogP contribution is -2.57. The molecule has 0 aromatic carbocycles. The van der Waals surface area contributed by atoms with Crippen LogP contribution in [0.2, 0.25) is 0 Å². The summed E-state index contributed by atoms with van der Waals surface area (Å²) in [6.45, 7) is 3.75. The number of rotatable bonds is 3. The summed E-state index contributed by atoms with van der Waals surface area (Å²) in [5, 5.41) is 22.6. The molecule has 2 fully saturated rings. The predicted molar refractivity (Wildman–Crippen MR) is 70.6 cm³/mol. The first-order valence-corrected chi connectivity index (χ1v) is 7.04. The third-order valence-electron chi connectivity index (χ3n) is 4.74. The van der Waals surface area contributed by atoms with E-state index in [1.165, 1.54) is 6.42 Å². The van der Waals surface area contributed by atoms with Crippen LogP contribution in [0, 0.1) is 5.92 Å². The van der Waals surface area contributed by atoms with Gasteiger partial charge in [-0.1, -0.05) is 24.9 Å². The molecule has 1 saturated carbocycles. The molecule has 0 radical (unpaired) electrons. The minimum Gasteiger partial charge on any atom is -0.409 e. The number of nitrogens with two attached hydrogens (primary N) is 1. The molecule has 18 heavy (non-hydrogen) atoms. The van der Waals surface area contributed by atoms with Gasteiger partial charge in [-0.05, 0) is 25.7 Å². The number of likely N-dealkylation sites (tertiary alicyclic amines) is 1. The number of hydrogen-bond acceptors (Lipinski definition) is 4. The van der Waals surface area contributed by atoms with Gasteiger partial charge in [0.2, 0.25) is 0 Å². The van der Waals surface area contributed by atoms with Gasteiger partial charge in [-0.15, -0.1) is 0 Å². The van der Waals surface area contributed by atoms with E-state index in [1.54, 1.807) is 0 Å². The second-order valence-electron chi connectivity index (χ2n) is 5.74. The second kappa shape index (κ2) is 5.45. The maximum atomic E-state index is 10.6. The van der Waals surface area contributed by atoms with Crippen molar-refractivity contribution in [1.29, 1.82) is 0 Å². The van der Waals surface area contributed by atoms with Gasteiger partial charge in [0.15, 0.2) is 5.84 Å².